The molecule has 0 bridgehead atoms. The quantitative estimate of drug-likeness (QED) is 0.554. The minimum Gasteiger partial charge on any atom is -0.495 e. The van der Waals surface area contributed by atoms with E-state index in [-0.39, 0.29) is 16.2 Å². The van der Waals surface area contributed by atoms with E-state index in [2.05, 4.69) is 10.0 Å². The number of sulfonamides is 1. The summed E-state index contributed by atoms with van der Waals surface area (Å²) in [4.78, 5) is 24.2. The largest absolute Gasteiger partial charge is 0.495 e. The highest BCUT2D eigenvalue weighted by atomic mass is 32.2. The number of aryl methyl sites for hydroxylation is 1. The highest BCUT2D eigenvalue weighted by Crippen LogP contribution is 2.26. The molecule has 0 saturated carbocycles. The van der Waals surface area contributed by atoms with E-state index in [4.69, 9.17) is 9.47 Å². The van der Waals surface area contributed by atoms with Gasteiger partial charge in [-0.05, 0) is 63.4 Å². The van der Waals surface area contributed by atoms with Gasteiger partial charge in [-0.2, -0.15) is 0 Å². The van der Waals surface area contributed by atoms with E-state index >= 15 is 0 Å². The van der Waals surface area contributed by atoms with Crippen molar-refractivity contribution in [2.75, 3.05) is 20.3 Å². The fraction of sp³-hybridized carbons (Fsp3) is 0.391. The molecule has 0 fully saturated rings. The molecule has 0 aromatic heterocycles. The summed E-state index contributed by atoms with van der Waals surface area (Å²) in [5, 5.41) is 2.70. The van der Waals surface area contributed by atoms with Crippen LogP contribution in [0.2, 0.25) is 0 Å². The normalized spacial score (nSPS) is 11.7. The van der Waals surface area contributed by atoms with Gasteiger partial charge in [0.15, 0.2) is 6.61 Å². The molecule has 0 atom stereocenters. The van der Waals surface area contributed by atoms with E-state index in [1.807, 2.05) is 31.2 Å². The van der Waals surface area contributed by atoms with Gasteiger partial charge in [0.1, 0.15) is 10.6 Å². The summed E-state index contributed by atoms with van der Waals surface area (Å²) >= 11 is 0. The lowest BCUT2D eigenvalue weighted by molar-refractivity contribution is -0.124. The molecule has 0 spiro atoms. The van der Waals surface area contributed by atoms with Crippen LogP contribution in [-0.4, -0.2) is 46.1 Å². The second-order valence-electron chi connectivity index (χ2n) is 8.32. The first kappa shape index (κ1) is 25.4. The zero-order valence-electron chi connectivity index (χ0n) is 19.0. The first-order valence-corrected chi connectivity index (χ1v) is 11.6. The van der Waals surface area contributed by atoms with Crippen LogP contribution in [0.4, 0.5) is 0 Å². The maximum Gasteiger partial charge on any atom is 0.338 e. The Labute approximate surface area is 189 Å². The van der Waals surface area contributed by atoms with Crippen molar-refractivity contribution in [3.05, 3.63) is 59.2 Å². The molecule has 8 nitrogen and oxygen atoms in total. The van der Waals surface area contributed by atoms with Gasteiger partial charge in [-0.15, -0.1) is 0 Å². The third-order valence-electron chi connectivity index (χ3n) is 4.44. The Kier molecular flexibility index (Phi) is 8.40. The maximum atomic E-state index is 12.7. The topological polar surface area (TPSA) is 111 Å². The molecule has 0 aliphatic carbocycles. The van der Waals surface area contributed by atoms with Crippen molar-refractivity contribution < 1.29 is 27.5 Å². The number of benzene rings is 2. The molecule has 174 valence electrons. The molecule has 1 amide bonds. The molecule has 0 aliphatic rings. The zero-order valence-corrected chi connectivity index (χ0v) is 19.8. The molecule has 2 aromatic carbocycles. The standard InChI is InChI=1S/C23H30N2O6S/c1-16-8-6-7-9-17(16)12-13-24-21(26)15-31-22(27)18-10-11-19(30-5)20(14-18)32(28,29)25-23(2,3)4/h6-11,14,25H,12-13,15H2,1-5H3,(H,24,26). The Morgan fingerprint density at radius 1 is 1.06 bits per heavy atom. The van der Waals surface area contributed by atoms with E-state index in [1.165, 1.54) is 25.3 Å². The summed E-state index contributed by atoms with van der Waals surface area (Å²) in [6.07, 6.45) is 0.660. The minimum atomic E-state index is -3.95. The number of rotatable bonds is 9. The van der Waals surface area contributed by atoms with Crippen molar-refractivity contribution in [3.8, 4) is 5.75 Å². The fourth-order valence-corrected chi connectivity index (χ4v) is 4.58. The van der Waals surface area contributed by atoms with Crippen molar-refractivity contribution in [2.24, 2.45) is 0 Å². The first-order chi connectivity index (χ1) is 14.9. The van der Waals surface area contributed by atoms with E-state index in [1.54, 1.807) is 20.8 Å². The molecule has 2 aromatic rings. The first-order valence-electron chi connectivity index (χ1n) is 10.1. The SMILES string of the molecule is COc1ccc(C(=O)OCC(=O)NCCc2ccccc2C)cc1S(=O)(=O)NC(C)(C)C. The van der Waals surface area contributed by atoms with Crippen LogP contribution in [-0.2, 0) is 26.0 Å². The van der Waals surface area contributed by atoms with Gasteiger partial charge in [-0.1, -0.05) is 24.3 Å². The maximum absolute atomic E-state index is 12.7. The Hall–Kier alpha value is -2.91. The zero-order chi connectivity index (χ0) is 23.9. The van der Waals surface area contributed by atoms with Crippen LogP contribution in [0.25, 0.3) is 0 Å². The van der Waals surface area contributed by atoms with Gasteiger partial charge in [0, 0.05) is 12.1 Å². The summed E-state index contributed by atoms with van der Waals surface area (Å²) in [6, 6.07) is 11.8. The van der Waals surface area contributed by atoms with Gasteiger partial charge in [-0.3, -0.25) is 4.79 Å². The Morgan fingerprint density at radius 2 is 1.75 bits per heavy atom. The van der Waals surface area contributed by atoms with E-state index < -0.39 is 34.0 Å². The number of methoxy groups -OCH3 is 1. The lowest BCUT2D eigenvalue weighted by atomic mass is 10.1. The Bertz CT molecular complexity index is 1070. The van der Waals surface area contributed by atoms with Gasteiger partial charge in [0.05, 0.1) is 12.7 Å². The summed E-state index contributed by atoms with van der Waals surface area (Å²) in [5.41, 5.74) is 1.53. The molecular formula is C23H30N2O6S. The summed E-state index contributed by atoms with van der Waals surface area (Å²) in [6.45, 7) is 7.04. The highest BCUT2D eigenvalue weighted by molar-refractivity contribution is 7.89. The number of esters is 1. The molecule has 9 heteroatoms. The second kappa shape index (κ2) is 10.6. The van der Waals surface area contributed by atoms with Crippen LogP contribution in [0.5, 0.6) is 5.75 Å². The summed E-state index contributed by atoms with van der Waals surface area (Å²) < 4.78 is 38.1. The van der Waals surface area contributed by atoms with Gasteiger partial charge < -0.3 is 14.8 Å². The number of amides is 1. The average molecular weight is 463 g/mol. The fourth-order valence-electron chi connectivity index (χ4n) is 2.96. The highest BCUT2D eigenvalue weighted by Gasteiger charge is 2.26. The van der Waals surface area contributed by atoms with E-state index in [0.717, 1.165) is 11.1 Å². The van der Waals surface area contributed by atoms with Gasteiger partial charge in [-0.25, -0.2) is 17.9 Å². The number of hydrogen-bond acceptors (Lipinski definition) is 6. The van der Waals surface area contributed by atoms with Crippen LogP contribution >= 0.6 is 0 Å². The van der Waals surface area contributed by atoms with Crippen LogP contribution in [0.3, 0.4) is 0 Å². The molecule has 0 unspecified atom stereocenters. The monoisotopic (exact) mass is 462 g/mol. The number of carbonyl (C=O) groups is 2. The Morgan fingerprint density at radius 3 is 2.38 bits per heavy atom. The molecule has 0 radical (unpaired) electrons. The average Bonchev–Trinajstić information content (AvgIpc) is 2.71. The molecule has 0 heterocycles. The van der Waals surface area contributed by atoms with Crippen LogP contribution in [0.1, 0.15) is 42.3 Å². The van der Waals surface area contributed by atoms with Crippen molar-refractivity contribution in [1.82, 2.24) is 10.0 Å². The number of hydrogen-bond donors (Lipinski definition) is 2. The van der Waals surface area contributed by atoms with Gasteiger partial charge >= 0.3 is 5.97 Å². The van der Waals surface area contributed by atoms with Crippen LogP contribution < -0.4 is 14.8 Å². The number of ether oxygens (including phenoxy) is 2. The molecule has 2 N–H and O–H groups in total. The third-order valence-corrected chi connectivity index (χ3v) is 6.22. The lowest BCUT2D eigenvalue weighted by Crippen LogP contribution is -2.40. The molecule has 0 aliphatic heterocycles. The molecular weight excluding hydrogens is 432 g/mol. The number of nitrogens with one attached hydrogen (secondary N) is 2. The molecule has 32 heavy (non-hydrogen) atoms. The smallest absolute Gasteiger partial charge is 0.338 e. The predicted molar refractivity (Wildman–Crippen MR) is 121 cm³/mol. The summed E-state index contributed by atoms with van der Waals surface area (Å²) in [5.74, 6) is -1.16. The predicted octanol–water partition coefficient (Wildman–Crippen LogP) is 2.60. The van der Waals surface area contributed by atoms with Gasteiger partial charge in [0.25, 0.3) is 5.91 Å². The lowest BCUT2D eigenvalue weighted by Gasteiger charge is -2.21. The van der Waals surface area contributed by atoms with Crippen molar-refractivity contribution in [1.29, 1.82) is 0 Å². The third kappa shape index (κ3) is 7.35. The van der Waals surface area contributed by atoms with E-state index in [9.17, 15) is 18.0 Å². The number of carbonyl (C=O) groups excluding carboxylic acids is 2. The molecule has 2 rings (SSSR count). The minimum absolute atomic E-state index is 0.00667. The van der Waals surface area contributed by atoms with Crippen molar-refractivity contribution in [2.45, 2.75) is 44.6 Å². The summed E-state index contributed by atoms with van der Waals surface area (Å²) in [7, 11) is -2.61. The van der Waals surface area contributed by atoms with E-state index in [0.29, 0.717) is 13.0 Å². The van der Waals surface area contributed by atoms with Crippen LogP contribution in [0.15, 0.2) is 47.4 Å². The second-order valence-corrected chi connectivity index (χ2v) is 9.97. The van der Waals surface area contributed by atoms with Gasteiger partial charge in [0.2, 0.25) is 10.0 Å². The van der Waals surface area contributed by atoms with Crippen molar-refractivity contribution in [3.63, 3.8) is 0 Å². The Balaban J connectivity index is 1.99. The van der Waals surface area contributed by atoms with Crippen LogP contribution in [0, 0.1) is 6.92 Å². The molecule has 0 saturated heterocycles. The van der Waals surface area contributed by atoms with Crippen molar-refractivity contribution >= 4 is 21.9 Å².